The maximum absolute atomic E-state index is 8.99. The molecule has 0 bridgehead atoms. The first-order valence-corrected chi connectivity index (χ1v) is 9.46. The van der Waals surface area contributed by atoms with Crippen LogP contribution in [-0.2, 0) is 0 Å². The fourth-order valence-electron chi connectivity index (χ4n) is 3.14. The number of ether oxygens (including phenoxy) is 1. The first-order chi connectivity index (χ1) is 14.6. The summed E-state index contributed by atoms with van der Waals surface area (Å²) in [5, 5.41) is 16.2. The van der Waals surface area contributed by atoms with Crippen molar-refractivity contribution in [1.29, 1.82) is 5.26 Å². The zero-order chi connectivity index (χ0) is 21.1. The molecule has 0 spiro atoms. The highest BCUT2D eigenvalue weighted by atomic mass is 16.5. The third kappa shape index (κ3) is 3.73. The average molecular weight is 400 g/mol. The Hall–Kier alpha value is -4.12. The molecule has 0 saturated carbocycles. The van der Waals surface area contributed by atoms with Crippen LogP contribution in [0, 0.1) is 18.3 Å². The Morgan fingerprint density at radius 1 is 1.07 bits per heavy atom. The Morgan fingerprint density at radius 2 is 1.83 bits per heavy atom. The molecule has 2 aromatic carbocycles. The van der Waals surface area contributed by atoms with Crippen LogP contribution < -0.4 is 15.4 Å². The van der Waals surface area contributed by atoms with Crippen LogP contribution in [0.4, 0.5) is 17.6 Å². The fourth-order valence-corrected chi connectivity index (χ4v) is 3.14. The Morgan fingerprint density at radius 3 is 2.53 bits per heavy atom. The summed E-state index contributed by atoms with van der Waals surface area (Å²) >= 11 is 0. The highest BCUT2D eigenvalue weighted by Gasteiger charge is 2.14. The van der Waals surface area contributed by atoms with Crippen LogP contribution in [-0.4, -0.2) is 28.6 Å². The van der Waals surface area contributed by atoms with Crippen LogP contribution in [0.5, 0.6) is 6.01 Å². The van der Waals surface area contributed by atoms with Crippen LogP contribution in [0.2, 0.25) is 0 Å². The summed E-state index contributed by atoms with van der Waals surface area (Å²) in [6.07, 6.45) is 0. The van der Waals surface area contributed by atoms with Gasteiger partial charge < -0.3 is 19.8 Å². The number of furan rings is 1. The molecule has 0 aliphatic rings. The third-order valence-corrected chi connectivity index (χ3v) is 4.60. The topological polar surface area (TPSA) is 109 Å². The number of hydrogen-bond donors (Lipinski definition) is 2. The predicted octanol–water partition coefficient (Wildman–Crippen LogP) is 4.65. The lowest BCUT2D eigenvalue weighted by atomic mass is 10.1. The molecule has 8 heteroatoms. The van der Waals surface area contributed by atoms with Crippen LogP contribution in [0.1, 0.15) is 18.1 Å². The SMILES string of the molecule is CCNc1nc(Nc2ccc3c(C)c(-c4ccc(C#N)cc4)oc3c2)nc(OC)n1. The maximum atomic E-state index is 8.99. The standard InChI is InChI=1S/C22H20N6O2/c1-4-24-20-26-21(28-22(27-20)29-3)25-16-9-10-17-13(2)19(30-18(17)11-16)15-7-5-14(12-23)6-8-15/h5-11H,4H2,1-3H3,(H2,24,25,26,27,28). The van der Waals surface area contributed by atoms with Gasteiger partial charge in [0.1, 0.15) is 11.3 Å². The average Bonchev–Trinajstić information content (AvgIpc) is 3.09. The molecule has 2 heterocycles. The van der Waals surface area contributed by atoms with E-state index >= 15 is 0 Å². The number of nitrogens with zero attached hydrogens (tertiary/aromatic N) is 4. The molecule has 0 unspecified atom stereocenters. The summed E-state index contributed by atoms with van der Waals surface area (Å²) < 4.78 is 11.3. The second-order valence-electron chi connectivity index (χ2n) is 6.58. The molecule has 0 fully saturated rings. The van der Waals surface area contributed by atoms with Crippen molar-refractivity contribution >= 4 is 28.6 Å². The molecule has 8 nitrogen and oxygen atoms in total. The zero-order valence-corrected chi connectivity index (χ0v) is 16.9. The van der Waals surface area contributed by atoms with Crippen molar-refractivity contribution in [3.8, 4) is 23.4 Å². The van der Waals surface area contributed by atoms with Gasteiger partial charge in [-0.1, -0.05) is 0 Å². The number of fused-ring (bicyclic) bond motifs is 1. The molecule has 0 aliphatic carbocycles. The Kier molecular flexibility index (Phi) is 5.18. The van der Waals surface area contributed by atoms with Crippen LogP contribution in [0.25, 0.3) is 22.3 Å². The van der Waals surface area contributed by atoms with Crippen LogP contribution in [0.3, 0.4) is 0 Å². The first-order valence-electron chi connectivity index (χ1n) is 9.46. The molecule has 4 aromatic rings. The maximum Gasteiger partial charge on any atom is 0.322 e. The highest BCUT2D eigenvalue weighted by Crippen LogP contribution is 2.34. The normalized spacial score (nSPS) is 10.6. The number of nitriles is 1. The molecule has 4 rings (SSSR count). The van der Waals surface area contributed by atoms with Gasteiger partial charge in [-0.2, -0.15) is 20.2 Å². The number of hydrogen-bond acceptors (Lipinski definition) is 8. The van der Waals surface area contributed by atoms with Gasteiger partial charge in [-0.25, -0.2) is 0 Å². The van der Waals surface area contributed by atoms with Gasteiger partial charge in [-0.15, -0.1) is 0 Å². The van der Waals surface area contributed by atoms with Gasteiger partial charge in [0.2, 0.25) is 11.9 Å². The van der Waals surface area contributed by atoms with Crippen LogP contribution in [0.15, 0.2) is 46.9 Å². The summed E-state index contributed by atoms with van der Waals surface area (Å²) in [4.78, 5) is 12.8. The lowest BCUT2D eigenvalue weighted by Crippen LogP contribution is -2.07. The molecular formula is C22H20N6O2. The van der Waals surface area contributed by atoms with Crippen molar-refractivity contribution < 1.29 is 9.15 Å². The van der Waals surface area contributed by atoms with E-state index in [0.29, 0.717) is 24.0 Å². The molecule has 0 aliphatic heterocycles. The monoisotopic (exact) mass is 400 g/mol. The van der Waals surface area contributed by atoms with Crippen molar-refractivity contribution in [2.24, 2.45) is 0 Å². The summed E-state index contributed by atoms with van der Waals surface area (Å²) in [5.41, 5.74) is 4.10. The van der Waals surface area contributed by atoms with Crippen molar-refractivity contribution in [3.63, 3.8) is 0 Å². The second-order valence-corrected chi connectivity index (χ2v) is 6.58. The third-order valence-electron chi connectivity index (χ3n) is 4.60. The molecule has 150 valence electrons. The quantitative estimate of drug-likeness (QED) is 0.481. The van der Waals surface area contributed by atoms with E-state index in [9.17, 15) is 0 Å². The largest absolute Gasteiger partial charge is 0.467 e. The molecule has 2 aromatic heterocycles. The highest BCUT2D eigenvalue weighted by molar-refractivity contribution is 5.90. The van der Waals surface area contributed by atoms with E-state index in [0.717, 1.165) is 33.5 Å². The summed E-state index contributed by atoms with van der Waals surface area (Å²) in [6.45, 7) is 4.66. The number of aryl methyl sites for hydroxylation is 1. The number of nitrogens with one attached hydrogen (secondary N) is 2. The molecule has 0 amide bonds. The van der Waals surface area contributed by atoms with Gasteiger partial charge in [-0.3, -0.25) is 0 Å². The minimum absolute atomic E-state index is 0.224. The smallest absolute Gasteiger partial charge is 0.322 e. The number of methoxy groups -OCH3 is 1. The van der Waals surface area contributed by atoms with Crippen molar-refractivity contribution in [1.82, 2.24) is 15.0 Å². The zero-order valence-electron chi connectivity index (χ0n) is 16.9. The van der Waals surface area contributed by atoms with E-state index < -0.39 is 0 Å². The van der Waals surface area contributed by atoms with E-state index in [1.165, 1.54) is 7.11 Å². The number of anilines is 3. The summed E-state index contributed by atoms with van der Waals surface area (Å²) in [5.74, 6) is 1.58. The number of rotatable bonds is 6. The van der Waals surface area contributed by atoms with Gasteiger partial charge in [-0.05, 0) is 50.2 Å². The number of aromatic nitrogens is 3. The van der Waals surface area contributed by atoms with Crippen molar-refractivity contribution in [3.05, 3.63) is 53.6 Å². The molecule has 0 atom stereocenters. The van der Waals surface area contributed by atoms with Gasteiger partial charge in [0, 0.05) is 34.8 Å². The minimum atomic E-state index is 0.224. The first kappa shape index (κ1) is 19.2. The molecule has 30 heavy (non-hydrogen) atoms. The Bertz CT molecular complexity index is 1240. The van der Waals surface area contributed by atoms with E-state index in [-0.39, 0.29) is 6.01 Å². The van der Waals surface area contributed by atoms with Gasteiger partial charge in [0.15, 0.2) is 0 Å². The lowest BCUT2D eigenvalue weighted by Gasteiger charge is -2.08. The number of benzene rings is 2. The fraction of sp³-hybridized carbons (Fsp3) is 0.182. The van der Waals surface area contributed by atoms with Gasteiger partial charge in [0.25, 0.3) is 0 Å². The molecule has 0 radical (unpaired) electrons. The van der Waals surface area contributed by atoms with E-state index in [2.05, 4.69) is 31.7 Å². The molecule has 0 saturated heterocycles. The van der Waals surface area contributed by atoms with E-state index in [4.69, 9.17) is 14.4 Å². The summed E-state index contributed by atoms with van der Waals surface area (Å²) in [6, 6.07) is 15.5. The molecule has 2 N–H and O–H groups in total. The van der Waals surface area contributed by atoms with E-state index in [1.54, 1.807) is 12.1 Å². The van der Waals surface area contributed by atoms with Gasteiger partial charge in [0.05, 0.1) is 18.7 Å². The Balaban J connectivity index is 1.67. The minimum Gasteiger partial charge on any atom is -0.467 e. The van der Waals surface area contributed by atoms with Crippen molar-refractivity contribution in [2.75, 3.05) is 24.3 Å². The van der Waals surface area contributed by atoms with Gasteiger partial charge >= 0.3 is 6.01 Å². The lowest BCUT2D eigenvalue weighted by molar-refractivity contribution is 0.379. The van der Waals surface area contributed by atoms with Crippen molar-refractivity contribution in [2.45, 2.75) is 13.8 Å². The van der Waals surface area contributed by atoms with E-state index in [1.807, 2.05) is 44.2 Å². The summed E-state index contributed by atoms with van der Waals surface area (Å²) in [7, 11) is 1.51. The Labute approximate surface area is 173 Å². The predicted molar refractivity (Wildman–Crippen MR) is 115 cm³/mol. The second kappa shape index (κ2) is 8.09. The van der Waals surface area contributed by atoms with Crippen LogP contribution >= 0.6 is 0 Å². The molecular weight excluding hydrogens is 380 g/mol.